The molecule has 0 amide bonds. The summed E-state index contributed by atoms with van der Waals surface area (Å²) in [6.07, 6.45) is 6.20. The summed E-state index contributed by atoms with van der Waals surface area (Å²) in [5.74, 6) is -0.334. The molecule has 0 aliphatic carbocycles. The Hall–Kier alpha value is -1.09. The molecule has 0 aliphatic rings. The van der Waals surface area contributed by atoms with Crippen LogP contribution in [0.4, 0.5) is 0 Å². The maximum Gasteiger partial charge on any atom is 0.330 e. The summed E-state index contributed by atoms with van der Waals surface area (Å²) < 4.78 is 5.04. The molecule has 0 spiro atoms. The van der Waals surface area contributed by atoms with E-state index in [1.807, 2.05) is 12.2 Å². The van der Waals surface area contributed by atoms with E-state index in [4.69, 9.17) is 4.74 Å². The van der Waals surface area contributed by atoms with Crippen LogP contribution in [0.3, 0.4) is 0 Å². The highest BCUT2D eigenvalue weighted by molar-refractivity contribution is 6.81. The first-order valence-corrected chi connectivity index (χ1v) is 9.23. The van der Waals surface area contributed by atoms with Gasteiger partial charge in [-0.1, -0.05) is 44.2 Å². The zero-order valence-electron chi connectivity index (χ0n) is 11.8. The number of allylic oxidation sites excluding steroid dienone is 2. The third-order valence-corrected chi connectivity index (χ3v) is 9.56. The highest BCUT2D eigenvalue weighted by atomic mass is 28.3. The minimum absolute atomic E-state index is 0.334. The largest absolute Gasteiger partial charge is 0.463 e. The van der Waals surface area contributed by atoms with Crippen LogP contribution in [0.2, 0.25) is 23.7 Å². The van der Waals surface area contributed by atoms with Gasteiger partial charge in [0, 0.05) is 6.08 Å². The second-order valence-corrected chi connectivity index (χ2v) is 10.2. The minimum Gasteiger partial charge on any atom is -0.463 e. The van der Waals surface area contributed by atoms with Crippen molar-refractivity contribution in [1.29, 1.82) is 0 Å². The molecule has 0 bridgehead atoms. The number of hydrogen-bond donors (Lipinski definition) is 0. The van der Waals surface area contributed by atoms with E-state index in [1.165, 1.54) is 6.08 Å². The van der Waals surface area contributed by atoms with Crippen molar-refractivity contribution in [1.82, 2.24) is 0 Å². The summed E-state index contributed by atoms with van der Waals surface area (Å²) in [6.45, 7) is 16.2. The molecule has 0 aromatic heterocycles. The van der Waals surface area contributed by atoms with Crippen molar-refractivity contribution in [3.8, 4) is 0 Å². The van der Waals surface area contributed by atoms with Gasteiger partial charge in [-0.2, -0.15) is 0 Å². The van der Waals surface area contributed by atoms with Crippen molar-refractivity contribution in [2.45, 2.75) is 43.9 Å². The zero-order valence-corrected chi connectivity index (χ0v) is 12.8. The minimum atomic E-state index is -1.41. The van der Waals surface area contributed by atoms with Crippen molar-refractivity contribution >= 4 is 14.0 Å². The predicted molar refractivity (Wildman–Crippen MR) is 81.4 cm³/mol. The number of esters is 1. The molecule has 0 rings (SSSR count). The van der Waals surface area contributed by atoms with E-state index >= 15 is 0 Å². The average molecular weight is 266 g/mol. The summed E-state index contributed by atoms with van der Waals surface area (Å²) in [4.78, 5) is 11.0. The molecule has 0 radical (unpaired) electrons. The summed E-state index contributed by atoms with van der Waals surface area (Å²) in [5.41, 5.74) is 0.684. The van der Waals surface area contributed by atoms with Crippen LogP contribution in [0.15, 0.2) is 38.0 Å². The van der Waals surface area contributed by atoms with Crippen LogP contribution >= 0.6 is 0 Å². The molecule has 0 N–H and O–H groups in total. The molecule has 18 heavy (non-hydrogen) atoms. The lowest BCUT2D eigenvalue weighted by atomic mass is 10.5. The lowest BCUT2D eigenvalue weighted by Crippen LogP contribution is -2.36. The molecule has 3 heteroatoms. The second-order valence-electron chi connectivity index (χ2n) is 4.98. The highest BCUT2D eigenvalue weighted by Crippen LogP contribution is 2.35. The number of carbonyl (C=O) groups excluding carboxylic acids is 1. The van der Waals surface area contributed by atoms with Gasteiger partial charge in [0.05, 0.1) is 14.7 Å². The van der Waals surface area contributed by atoms with Gasteiger partial charge in [0.25, 0.3) is 0 Å². The van der Waals surface area contributed by atoms with Crippen molar-refractivity contribution in [3.63, 3.8) is 0 Å². The van der Waals surface area contributed by atoms with Crippen molar-refractivity contribution in [2.24, 2.45) is 0 Å². The summed E-state index contributed by atoms with van der Waals surface area (Å²) >= 11 is 0. The highest BCUT2D eigenvalue weighted by Gasteiger charge is 2.33. The SMILES string of the molecule is C=CC[Si](CC=C)(CCCOC(=O)C=C)C(C)C. The smallest absolute Gasteiger partial charge is 0.330 e. The second kappa shape index (κ2) is 8.92. The molecule has 0 saturated heterocycles. The molecule has 0 atom stereocenters. The number of ether oxygens (including phenoxy) is 1. The Morgan fingerprint density at radius 2 is 1.78 bits per heavy atom. The molecule has 0 unspecified atom stereocenters. The predicted octanol–water partition coefficient (Wildman–Crippen LogP) is 4.34. The van der Waals surface area contributed by atoms with Gasteiger partial charge in [0.15, 0.2) is 0 Å². The Bertz CT molecular complexity index is 285. The molecule has 0 saturated carbocycles. The van der Waals surface area contributed by atoms with Crippen molar-refractivity contribution in [2.75, 3.05) is 6.61 Å². The lowest BCUT2D eigenvalue weighted by Gasteiger charge is -2.34. The third-order valence-electron chi connectivity index (χ3n) is 3.56. The topological polar surface area (TPSA) is 26.3 Å². The van der Waals surface area contributed by atoms with E-state index in [2.05, 4.69) is 33.6 Å². The van der Waals surface area contributed by atoms with Gasteiger partial charge in [0.2, 0.25) is 0 Å². The number of carbonyl (C=O) groups is 1. The van der Waals surface area contributed by atoms with Crippen molar-refractivity contribution in [3.05, 3.63) is 38.0 Å². The molecule has 0 aromatic rings. The summed E-state index contributed by atoms with van der Waals surface area (Å²) in [7, 11) is -1.41. The number of hydrogen-bond acceptors (Lipinski definition) is 2. The Balaban J connectivity index is 4.39. The first-order chi connectivity index (χ1) is 8.52. The van der Waals surface area contributed by atoms with Crippen LogP contribution in [0.5, 0.6) is 0 Å². The van der Waals surface area contributed by atoms with E-state index in [0.29, 0.717) is 12.1 Å². The fourth-order valence-electron chi connectivity index (χ4n) is 2.28. The van der Waals surface area contributed by atoms with Crippen LogP contribution in [-0.4, -0.2) is 20.7 Å². The van der Waals surface area contributed by atoms with Crippen LogP contribution in [-0.2, 0) is 9.53 Å². The van der Waals surface area contributed by atoms with E-state index in [0.717, 1.165) is 24.6 Å². The first-order valence-electron chi connectivity index (χ1n) is 6.53. The van der Waals surface area contributed by atoms with Gasteiger partial charge in [-0.3, -0.25) is 0 Å². The van der Waals surface area contributed by atoms with Crippen molar-refractivity contribution < 1.29 is 9.53 Å². The quantitative estimate of drug-likeness (QED) is 0.193. The monoisotopic (exact) mass is 266 g/mol. The summed E-state index contributed by atoms with van der Waals surface area (Å²) in [5, 5.41) is 0. The molecule has 0 heterocycles. The third kappa shape index (κ3) is 5.49. The fourth-order valence-corrected chi connectivity index (χ4v) is 6.37. The van der Waals surface area contributed by atoms with Crippen LogP contribution in [0, 0.1) is 0 Å². The number of rotatable bonds is 10. The summed E-state index contributed by atoms with van der Waals surface area (Å²) in [6, 6.07) is 3.35. The van der Waals surface area contributed by atoms with Crippen LogP contribution in [0.1, 0.15) is 20.3 Å². The molecular formula is C15H26O2Si. The Labute approximate surface area is 112 Å². The van der Waals surface area contributed by atoms with Gasteiger partial charge in [-0.15, -0.1) is 13.2 Å². The van der Waals surface area contributed by atoms with E-state index in [9.17, 15) is 4.79 Å². The molecule has 102 valence electrons. The van der Waals surface area contributed by atoms with Crippen LogP contribution < -0.4 is 0 Å². The fraction of sp³-hybridized carbons (Fsp3) is 0.533. The van der Waals surface area contributed by atoms with E-state index in [1.54, 1.807) is 0 Å². The molecule has 0 fully saturated rings. The van der Waals surface area contributed by atoms with E-state index in [-0.39, 0.29) is 5.97 Å². The molecule has 2 nitrogen and oxygen atoms in total. The van der Waals surface area contributed by atoms with Gasteiger partial charge < -0.3 is 4.74 Å². The first kappa shape index (κ1) is 16.9. The molecule has 0 aliphatic heterocycles. The van der Waals surface area contributed by atoms with Gasteiger partial charge in [0.1, 0.15) is 0 Å². The average Bonchev–Trinajstić information content (AvgIpc) is 2.34. The Morgan fingerprint density at radius 3 is 2.17 bits per heavy atom. The van der Waals surface area contributed by atoms with E-state index < -0.39 is 8.07 Å². The lowest BCUT2D eigenvalue weighted by molar-refractivity contribution is -0.137. The molecule has 0 aromatic carbocycles. The maximum absolute atomic E-state index is 11.0. The van der Waals surface area contributed by atoms with Gasteiger partial charge in [-0.25, -0.2) is 4.79 Å². The van der Waals surface area contributed by atoms with Gasteiger partial charge in [-0.05, 0) is 18.5 Å². The van der Waals surface area contributed by atoms with Crippen LogP contribution in [0.25, 0.3) is 0 Å². The Kier molecular flexibility index (Phi) is 8.38. The van der Waals surface area contributed by atoms with Gasteiger partial charge >= 0.3 is 5.97 Å². The Morgan fingerprint density at radius 1 is 1.22 bits per heavy atom. The molecular weight excluding hydrogens is 240 g/mol. The standard InChI is InChI=1S/C15H26O2Si/c1-6-11-18(12-7-2,14(4)5)13-9-10-17-15(16)8-3/h6-8,14H,1-3,9-13H2,4-5H3. The zero-order chi connectivity index (χ0) is 14.0. The maximum atomic E-state index is 11.0. The normalized spacial score (nSPS) is 11.1.